The number of halogens is 6. The van der Waals surface area contributed by atoms with Crippen LogP contribution in [0.1, 0.15) is 16.1 Å². The molecule has 0 aliphatic heterocycles. The van der Waals surface area contributed by atoms with Gasteiger partial charge in [-0.1, -0.05) is 12.1 Å². The maximum atomic E-state index is 13.1. The highest BCUT2D eigenvalue weighted by Gasteiger charge is 2.38. The molecule has 10 heteroatoms. The third-order valence-corrected chi connectivity index (χ3v) is 2.96. The molecule has 2 aromatic rings. The summed E-state index contributed by atoms with van der Waals surface area (Å²) in [7, 11) is 0.892. The number of para-hydroxylation sites is 1. The third kappa shape index (κ3) is 4.40. The Labute approximate surface area is 137 Å². The maximum Gasteiger partial charge on any atom is 0.573 e. The van der Waals surface area contributed by atoms with Gasteiger partial charge in [0.05, 0.1) is 18.4 Å². The van der Waals surface area contributed by atoms with E-state index in [1.54, 1.807) is 0 Å². The van der Waals surface area contributed by atoms with Crippen molar-refractivity contribution in [1.29, 1.82) is 0 Å². The number of nitrogens with zero attached hydrogens (tertiary/aromatic N) is 1. The Morgan fingerprint density at radius 2 is 1.64 bits per heavy atom. The molecule has 0 aliphatic rings. The summed E-state index contributed by atoms with van der Waals surface area (Å²) in [6.07, 6.45) is -10.0. The summed E-state index contributed by atoms with van der Waals surface area (Å²) >= 11 is 0. The zero-order valence-electron chi connectivity index (χ0n) is 12.4. The highest BCUT2D eigenvalue weighted by molar-refractivity contribution is 5.91. The summed E-state index contributed by atoms with van der Waals surface area (Å²) in [4.78, 5) is 14.7. The van der Waals surface area contributed by atoms with E-state index in [1.165, 1.54) is 12.1 Å². The standard InChI is InChI=1S/C15H9F6NO3/c1-24-13(23)9-6-7-10(22-12(9)14(16,17)18)8-4-2-3-5-11(8)25-15(19,20)21/h2-7H,1H3. The number of aromatic nitrogens is 1. The van der Waals surface area contributed by atoms with Crippen molar-refractivity contribution in [2.75, 3.05) is 7.11 Å². The van der Waals surface area contributed by atoms with Gasteiger partial charge in [0.15, 0.2) is 5.69 Å². The van der Waals surface area contributed by atoms with Crippen molar-refractivity contribution < 1.29 is 40.6 Å². The molecule has 0 saturated carbocycles. The number of carbonyl (C=O) groups is 1. The molecule has 1 heterocycles. The Kier molecular flexibility index (Phi) is 4.91. The molecule has 0 amide bonds. The van der Waals surface area contributed by atoms with Crippen LogP contribution in [0, 0.1) is 0 Å². The lowest BCUT2D eigenvalue weighted by Crippen LogP contribution is -2.18. The van der Waals surface area contributed by atoms with Crippen LogP contribution in [0.3, 0.4) is 0 Å². The van der Waals surface area contributed by atoms with Crippen LogP contribution in [-0.4, -0.2) is 24.4 Å². The Hall–Kier alpha value is -2.78. The molecule has 0 aliphatic carbocycles. The first-order valence-corrected chi connectivity index (χ1v) is 6.54. The summed E-state index contributed by atoms with van der Waals surface area (Å²) in [5.41, 5.74) is -3.19. The third-order valence-electron chi connectivity index (χ3n) is 2.96. The molecule has 0 fully saturated rings. The number of alkyl halides is 6. The van der Waals surface area contributed by atoms with Crippen molar-refractivity contribution in [1.82, 2.24) is 4.98 Å². The SMILES string of the molecule is COC(=O)c1ccc(-c2ccccc2OC(F)(F)F)nc1C(F)(F)F. The molecule has 0 bridgehead atoms. The zero-order valence-corrected chi connectivity index (χ0v) is 12.4. The minimum atomic E-state index is -5.03. The first-order chi connectivity index (χ1) is 11.5. The van der Waals surface area contributed by atoms with E-state index in [0.717, 1.165) is 31.4 Å². The Balaban J connectivity index is 2.60. The van der Waals surface area contributed by atoms with Crippen LogP contribution in [0.2, 0.25) is 0 Å². The number of methoxy groups -OCH3 is 1. The van der Waals surface area contributed by atoms with Gasteiger partial charge >= 0.3 is 18.5 Å². The number of esters is 1. The lowest BCUT2D eigenvalue weighted by atomic mass is 10.1. The van der Waals surface area contributed by atoms with E-state index < -0.39 is 41.2 Å². The minimum absolute atomic E-state index is 0.318. The van der Waals surface area contributed by atoms with Crippen molar-refractivity contribution in [3.05, 3.63) is 47.7 Å². The quantitative estimate of drug-likeness (QED) is 0.596. The van der Waals surface area contributed by atoms with Crippen LogP contribution in [-0.2, 0) is 10.9 Å². The molecule has 0 atom stereocenters. The van der Waals surface area contributed by atoms with Crippen LogP contribution in [0.5, 0.6) is 5.75 Å². The van der Waals surface area contributed by atoms with Gasteiger partial charge in [-0.15, -0.1) is 13.2 Å². The van der Waals surface area contributed by atoms with Gasteiger partial charge < -0.3 is 9.47 Å². The second-order valence-electron chi connectivity index (χ2n) is 4.63. The minimum Gasteiger partial charge on any atom is -0.465 e. The number of hydrogen-bond acceptors (Lipinski definition) is 4. The second-order valence-corrected chi connectivity index (χ2v) is 4.63. The predicted octanol–water partition coefficient (Wildman–Crippen LogP) is 4.45. The van der Waals surface area contributed by atoms with Crippen molar-refractivity contribution in [2.24, 2.45) is 0 Å². The van der Waals surface area contributed by atoms with Crippen molar-refractivity contribution in [3.63, 3.8) is 0 Å². The molecule has 25 heavy (non-hydrogen) atoms. The highest BCUT2D eigenvalue weighted by atomic mass is 19.4. The van der Waals surface area contributed by atoms with Gasteiger partial charge in [-0.3, -0.25) is 0 Å². The number of hydrogen-bond donors (Lipinski definition) is 0. The summed E-state index contributed by atoms with van der Waals surface area (Å²) in [5, 5.41) is 0. The molecule has 0 spiro atoms. The average molecular weight is 365 g/mol. The molecule has 0 N–H and O–H groups in total. The van der Waals surface area contributed by atoms with E-state index in [9.17, 15) is 31.1 Å². The van der Waals surface area contributed by atoms with Gasteiger partial charge in [0, 0.05) is 5.56 Å². The molecular weight excluding hydrogens is 356 g/mol. The topological polar surface area (TPSA) is 48.4 Å². The van der Waals surface area contributed by atoms with E-state index in [4.69, 9.17) is 0 Å². The second kappa shape index (κ2) is 6.61. The Morgan fingerprint density at radius 1 is 1.00 bits per heavy atom. The van der Waals surface area contributed by atoms with Crippen molar-refractivity contribution in [2.45, 2.75) is 12.5 Å². The predicted molar refractivity (Wildman–Crippen MR) is 72.7 cm³/mol. The smallest absolute Gasteiger partial charge is 0.465 e. The van der Waals surface area contributed by atoms with Crippen molar-refractivity contribution >= 4 is 5.97 Å². The maximum absolute atomic E-state index is 13.1. The molecule has 0 radical (unpaired) electrons. The lowest BCUT2D eigenvalue weighted by Gasteiger charge is -2.15. The highest BCUT2D eigenvalue weighted by Crippen LogP contribution is 2.36. The van der Waals surface area contributed by atoms with E-state index in [-0.39, 0.29) is 5.56 Å². The lowest BCUT2D eigenvalue weighted by molar-refractivity contribution is -0.274. The fourth-order valence-corrected chi connectivity index (χ4v) is 1.99. The van der Waals surface area contributed by atoms with Gasteiger partial charge in [-0.25, -0.2) is 9.78 Å². The molecule has 2 rings (SSSR count). The van der Waals surface area contributed by atoms with Crippen LogP contribution < -0.4 is 4.74 Å². The number of pyridine rings is 1. The number of benzene rings is 1. The van der Waals surface area contributed by atoms with Crippen LogP contribution in [0.25, 0.3) is 11.3 Å². The number of rotatable bonds is 3. The average Bonchev–Trinajstić information content (AvgIpc) is 2.52. The van der Waals surface area contributed by atoms with E-state index in [0.29, 0.717) is 0 Å². The van der Waals surface area contributed by atoms with Crippen molar-refractivity contribution in [3.8, 4) is 17.0 Å². The molecule has 134 valence electrons. The monoisotopic (exact) mass is 365 g/mol. The summed E-state index contributed by atoms with van der Waals surface area (Å²) < 4.78 is 84.8. The first kappa shape index (κ1) is 18.6. The van der Waals surface area contributed by atoms with Gasteiger partial charge in [-0.05, 0) is 24.3 Å². The van der Waals surface area contributed by atoms with Crippen LogP contribution in [0.15, 0.2) is 36.4 Å². The first-order valence-electron chi connectivity index (χ1n) is 6.54. The van der Waals surface area contributed by atoms with E-state index in [1.807, 2.05) is 0 Å². The molecule has 0 unspecified atom stereocenters. The van der Waals surface area contributed by atoms with Gasteiger partial charge in [0.1, 0.15) is 5.75 Å². The van der Waals surface area contributed by atoms with Gasteiger partial charge in [0.2, 0.25) is 0 Å². The molecule has 4 nitrogen and oxygen atoms in total. The fourth-order valence-electron chi connectivity index (χ4n) is 1.99. The van der Waals surface area contributed by atoms with Gasteiger partial charge in [-0.2, -0.15) is 13.2 Å². The zero-order chi connectivity index (χ0) is 18.8. The molecule has 1 aromatic heterocycles. The fraction of sp³-hybridized carbons (Fsp3) is 0.200. The molecular formula is C15H9F6NO3. The Bertz CT molecular complexity index is 786. The van der Waals surface area contributed by atoms with Crippen LogP contribution >= 0.6 is 0 Å². The van der Waals surface area contributed by atoms with Crippen LogP contribution in [0.4, 0.5) is 26.3 Å². The summed E-state index contributed by atoms with van der Waals surface area (Å²) in [6, 6.07) is 6.33. The molecule has 1 aromatic carbocycles. The largest absolute Gasteiger partial charge is 0.573 e. The normalized spacial score (nSPS) is 12.0. The van der Waals surface area contributed by atoms with Gasteiger partial charge in [0.25, 0.3) is 0 Å². The Morgan fingerprint density at radius 3 is 2.20 bits per heavy atom. The number of ether oxygens (including phenoxy) is 2. The number of carbonyl (C=O) groups excluding carboxylic acids is 1. The molecule has 0 saturated heterocycles. The van der Waals surface area contributed by atoms with E-state index >= 15 is 0 Å². The summed E-state index contributed by atoms with van der Waals surface area (Å²) in [5.74, 6) is -1.99. The summed E-state index contributed by atoms with van der Waals surface area (Å²) in [6.45, 7) is 0. The van der Waals surface area contributed by atoms with E-state index in [2.05, 4.69) is 14.5 Å².